The van der Waals surface area contributed by atoms with E-state index < -0.39 is 0 Å². The van der Waals surface area contributed by atoms with Crippen molar-refractivity contribution in [2.24, 2.45) is 0 Å². The molecule has 0 aliphatic carbocycles. The molecule has 1 aliphatic rings. The number of carbonyl (C=O) groups is 1. The van der Waals surface area contributed by atoms with Crippen LogP contribution < -0.4 is 0 Å². The van der Waals surface area contributed by atoms with E-state index in [9.17, 15) is 4.79 Å². The van der Waals surface area contributed by atoms with Gasteiger partial charge in [-0.15, -0.1) is 11.3 Å². The van der Waals surface area contributed by atoms with Gasteiger partial charge in [0, 0.05) is 24.4 Å². The molecule has 3 heterocycles. The number of thiazole rings is 1. The zero-order chi connectivity index (χ0) is 15.8. The van der Waals surface area contributed by atoms with Gasteiger partial charge in [0.15, 0.2) is 0 Å². The number of amides is 1. The molecule has 1 amide bonds. The summed E-state index contributed by atoms with van der Waals surface area (Å²) in [5, 5.41) is 2.78. The van der Waals surface area contributed by atoms with Crippen LogP contribution in [-0.2, 0) is 0 Å². The van der Waals surface area contributed by atoms with Crippen LogP contribution in [-0.4, -0.2) is 38.8 Å². The van der Waals surface area contributed by atoms with E-state index in [0.717, 1.165) is 41.3 Å². The maximum Gasteiger partial charge on any atom is 0.273 e. The highest BCUT2D eigenvalue weighted by atomic mass is 32.1. The standard InChI is InChI=1S/C17H18N4OS/c1-11-18-15(10-23-11)17(22)21-8-4-5-12(9-21)16-19-13-6-2-3-7-14(13)20-16/h2-3,6-7,10,12H,4-5,8-9H2,1H3,(H,19,20). The fourth-order valence-corrected chi connectivity index (χ4v) is 3.76. The van der Waals surface area contributed by atoms with Crippen molar-refractivity contribution in [2.45, 2.75) is 25.7 Å². The highest BCUT2D eigenvalue weighted by molar-refractivity contribution is 7.09. The molecule has 1 aromatic carbocycles. The number of likely N-dealkylation sites (tertiary alicyclic amines) is 1. The summed E-state index contributed by atoms with van der Waals surface area (Å²) in [5.41, 5.74) is 2.61. The van der Waals surface area contributed by atoms with Gasteiger partial charge < -0.3 is 9.88 Å². The number of aryl methyl sites for hydroxylation is 1. The second-order valence-corrected chi connectivity index (χ2v) is 7.04. The van der Waals surface area contributed by atoms with E-state index in [1.807, 2.05) is 41.5 Å². The first kappa shape index (κ1) is 14.4. The van der Waals surface area contributed by atoms with E-state index in [-0.39, 0.29) is 11.8 Å². The lowest BCUT2D eigenvalue weighted by Crippen LogP contribution is -2.39. The van der Waals surface area contributed by atoms with Crippen molar-refractivity contribution in [3.05, 3.63) is 46.2 Å². The minimum absolute atomic E-state index is 0.0372. The summed E-state index contributed by atoms with van der Waals surface area (Å²) >= 11 is 1.52. The number of aromatic nitrogens is 3. The van der Waals surface area contributed by atoms with Crippen LogP contribution in [0.15, 0.2) is 29.6 Å². The van der Waals surface area contributed by atoms with Gasteiger partial charge in [-0.05, 0) is 31.9 Å². The molecular weight excluding hydrogens is 308 g/mol. The van der Waals surface area contributed by atoms with Crippen molar-refractivity contribution < 1.29 is 4.79 Å². The zero-order valence-electron chi connectivity index (χ0n) is 13.0. The molecule has 1 saturated heterocycles. The first-order chi connectivity index (χ1) is 11.2. The molecule has 1 atom stereocenters. The average Bonchev–Trinajstić information content (AvgIpc) is 3.20. The van der Waals surface area contributed by atoms with Crippen LogP contribution in [0.4, 0.5) is 0 Å². The number of benzene rings is 1. The molecule has 0 bridgehead atoms. The second-order valence-electron chi connectivity index (χ2n) is 5.98. The molecule has 118 valence electrons. The van der Waals surface area contributed by atoms with Crippen molar-refractivity contribution >= 4 is 28.3 Å². The minimum atomic E-state index is 0.0372. The second kappa shape index (κ2) is 5.77. The molecule has 1 unspecified atom stereocenters. The van der Waals surface area contributed by atoms with E-state index in [2.05, 4.69) is 9.97 Å². The number of imidazole rings is 1. The van der Waals surface area contributed by atoms with Crippen molar-refractivity contribution in [1.29, 1.82) is 0 Å². The van der Waals surface area contributed by atoms with E-state index in [0.29, 0.717) is 12.2 Å². The quantitative estimate of drug-likeness (QED) is 0.785. The van der Waals surface area contributed by atoms with Crippen molar-refractivity contribution in [1.82, 2.24) is 19.9 Å². The van der Waals surface area contributed by atoms with Gasteiger partial charge >= 0.3 is 0 Å². The Hall–Kier alpha value is -2.21. The van der Waals surface area contributed by atoms with Crippen LogP contribution in [0, 0.1) is 6.92 Å². The van der Waals surface area contributed by atoms with Crippen LogP contribution in [0.1, 0.15) is 40.1 Å². The van der Waals surface area contributed by atoms with Gasteiger partial charge in [0.1, 0.15) is 11.5 Å². The van der Waals surface area contributed by atoms with Gasteiger partial charge in [0.05, 0.1) is 16.0 Å². The van der Waals surface area contributed by atoms with Gasteiger partial charge in [0.25, 0.3) is 5.91 Å². The molecule has 0 saturated carbocycles. The Bertz CT molecular complexity index is 820. The largest absolute Gasteiger partial charge is 0.342 e. The third-order valence-corrected chi connectivity index (χ3v) is 5.11. The first-order valence-corrected chi connectivity index (χ1v) is 8.75. The lowest BCUT2D eigenvalue weighted by molar-refractivity contribution is 0.0699. The first-order valence-electron chi connectivity index (χ1n) is 7.87. The van der Waals surface area contributed by atoms with Crippen LogP contribution in [0.3, 0.4) is 0 Å². The number of fused-ring (bicyclic) bond motifs is 1. The van der Waals surface area contributed by atoms with Gasteiger partial charge in [-0.25, -0.2) is 9.97 Å². The van der Waals surface area contributed by atoms with Crippen LogP contribution in [0.2, 0.25) is 0 Å². The van der Waals surface area contributed by atoms with Gasteiger partial charge in [-0.1, -0.05) is 12.1 Å². The summed E-state index contributed by atoms with van der Waals surface area (Å²) < 4.78 is 0. The number of aromatic amines is 1. The molecule has 4 rings (SSSR count). The van der Waals surface area contributed by atoms with Crippen molar-refractivity contribution in [2.75, 3.05) is 13.1 Å². The Labute approximate surface area is 138 Å². The lowest BCUT2D eigenvalue weighted by Gasteiger charge is -2.31. The topological polar surface area (TPSA) is 61.9 Å². The minimum Gasteiger partial charge on any atom is -0.342 e. The molecule has 1 fully saturated rings. The van der Waals surface area contributed by atoms with Crippen molar-refractivity contribution in [3.8, 4) is 0 Å². The Morgan fingerprint density at radius 1 is 1.35 bits per heavy atom. The molecule has 1 N–H and O–H groups in total. The fraction of sp³-hybridized carbons (Fsp3) is 0.353. The maximum absolute atomic E-state index is 12.6. The van der Waals surface area contributed by atoms with Crippen LogP contribution in [0.5, 0.6) is 0 Å². The summed E-state index contributed by atoms with van der Waals surface area (Å²) in [5.74, 6) is 1.29. The Morgan fingerprint density at radius 3 is 3.00 bits per heavy atom. The highest BCUT2D eigenvalue weighted by Crippen LogP contribution is 2.27. The zero-order valence-corrected chi connectivity index (χ0v) is 13.8. The summed E-state index contributed by atoms with van der Waals surface area (Å²) in [6.07, 6.45) is 2.05. The van der Waals surface area contributed by atoms with Gasteiger partial charge in [-0.3, -0.25) is 4.79 Å². The number of piperidine rings is 1. The van der Waals surface area contributed by atoms with E-state index in [1.54, 1.807) is 0 Å². The Morgan fingerprint density at radius 2 is 2.22 bits per heavy atom. The number of H-pyrrole nitrogens is 1. The smallest absolute Gasteiger partial charge is 0.273 e. The van der Waals surface area contributed by atoms with E-state index in [4.69, 9.17) is 4.98 Å². The monoisotopic (exact) mass is 326 g/mol. The molecule has 5 nitrogen and oxygen atoms in total. The number of nitrogens with one attached hydrogen (secondary N) is 1. The van der Waals surface area contributed by atoms with E-state index in [1.165, 1.54) is 11.3 Å². The summed E-state index contributed by atoms with van der Waals surface area (Å²) in [7, 11) is 0. The number of carbonyl (C=O) groups excluding carboxylic acids is 1. The SMILES string of the molecule is Cc1nc(C(=O)N2CCCC(c3nc4ccccc4[nH]3)C2)cs1. The summed E-state index contributed by atoms with van der Waals surface area (Å²) in [6, 6.07) is 8.05. The van der Waals surface area contributed by atoms with Crippen LogP contribution in [0.25, 0.3) is 11.0 Å². The molecule has 3 aromatic rings. The lowest BCUT2D eigenvalue weighted by atomic mass is 9.97. The molecular formula is C17H18N4OS. The average molecular weight is 326 g/mol. The summed E-state index contributed by atoms with van der Waals surface area (Å²) in [4.78, 5) is 26.9. The normalized spacial score (nSPS) is 18.5. The summed E-state index contributed by atoms with van der Waals surface area (Å²) in [6.45, 7) is 3.43. The molecule has 2 aromatic heterocycles. The number of para-hydroxylation sites is 2. The number of nitrogens with zero attached hydrogens (tertiary/aromatic N) is 3. The number of rotatable bonds is 2. The predicted octanol–water partition coefficient (Wildman–Crippen LogP) is 3.35. The predicted molar refractivity (Wildman–Crippen MR) is 90.8 cm³/mol. The van der Waals surface area contributed by atoms with E-state index >= 15 is 0 Å². The van der Waals surface area contributed by atoms with Crippen molar-refractivity contribution in [3.63, 3.8) is 0 Å². The fourth-order valence-electron chi connectivity index (χ4n) is 3.17. The molecule has 1 aliphatic heterocycles. The molecule has 6 heteroatoms. The Kier molecular flexibility index (Phi) is 3.61. The third kappa shape index (κ3) is 2.74. The number of hydrogen-bond donors (Lipinski definition) is 1. The molecule has 23 heavy (non-hydrogen) atoms. The molecule has 0 radical (unpaired) electrons. The third-order valence-electron chi connectivity index (χ3n) is 4.34. The number of hydrogen-bond acceptors (Lipinski definition) is 4. The van der Waals surface area contributed by atoms with Gasteiger partial charge in [-0.2, -0.15) is 0 Å². The maximum atomic E-state index is 12.6. The molecule has 0 spiro atoms. The van der Waals surface area contributed by atoms with Crippen LogP contribution >= 0.6 is 11.3 Å². The van der Waals surface area contributed by atoms with Gasteiger partial charge in [0.2, 0.25) is 0 Å². The highest BCUT2D eigenvalue weighted by Gasteiger charge is 2.28. The Balaban J connectivity index is 1.55.